The number of carbonyl (C=O) groups is 1. The monoisotopic (exact) mass is 317 g/mol. The van der Waals surface area contributed by atoms with Crippen LogP contribution in [0.25, 0.3) is 6.08 Å². The molecule has 1 amide bonds. The molecule has 0 fully saturated rings. The smallest absolute Gasteiger partial charge is 0.244 e. The van der Waals surface area contributed by atoms with Crippen molar-refractivity contribution in [3.63, 3.8) is 0 Å². The van der Waals surface area contributed by atoms with Crippen LogP contribution in [0.1, 0.15) is 16.7 Å². The van der Waals surface area contributed by atoms with E-state index in [0.717, 1.165) is 17.7 Å². The molecule has 0 unspecified atom stereocenters. The lowest BCUT2D eigenvalue weighted by Gasteiger charge is -2.05. The van der Waals surface area contributed by atoms with E-state index in [2.05, 4.69) is 22.5 Å². The fraction of sp³-hybridized carbons (Fsp3) is 0.100. The SMILES string of the molecule is O=C(/C=C/c1ccccc1)NCc1ccc(Cn2cccn2)cc1. The van der Waals surface area contributed by atoms with E-state index in [-0.39, 0.29) is 5.91 Å². The van der Waals surface area contributed by atoms with Crippen LogP contribution in [0.2, 0.25) is 0 Å². The van der Waals surface area contributed by atoms with E-state index in [1.54, 1.807) is 12.3 Å². The first kappa shape index (κ1) is 15.7. The van der Waals surface area contributed by atoms with Crippen molar-refractivity contribution in [1.82, 2.24) is 15.1 Å². The van der Waals surface area contributed by atoms with E-state index >= 15 is 0 Å². The highest BCUT2D eigenvalue weighted by Crippen LogP contribution is 2.06. The highest BCUT2D eigenvalue weighted by atomic mass is 16.1. The summed E-state index contributed by atoms with van der Waals surface area (Å²) in [5, 5.41) is 7.08. The zero-order chi connectivity index (χ0) is 16.6. The highest BCUT2D eigenvalue weighted by Gasteiger charge is 1.99. The van der Waals surface area contributed by atoms with E-state index < -0.39 is 0 Å². The Bertz CT molecular complexity index is 791. The second kappa shape index (κ2) is 7.92. The number of hydrogen-bond acceptors (Lipinski definition) is 2. The molecule has 1 aromatic heterocycles. The van der Waals surface area contributed by atoms with Gasteiger partial charge >= 0.3 is 0 Å². The summed E-state index contributed by atoms with van der Waals surface area (Å²) in [4.78, 5) is 11.9. The summed E-state index contributed by atoms with van der Waals surface area (Å²) < 4.78 is 1.88. The Balaban J connectivity index is 1.49. The third-order valence-electron chi connectivity index (χ3n) is 3.62. The van der Waals surface area contributed by atoms with Gasteiger partial charge in [-0.25, -0.2) is 0 Å². The normalized spacial score (nSPS) is 10.8. The minimum absolute atomic E-state index is 0.0977. The Hall–Kier alpha value is -3.14. The van der Waals surface area contributed by atoms with Crippen molar-refractivity contribution in [2.45, 2.75) is 13.1 Å². The van der Waals surface area contributed by atoms with Crippen LogP contribution in [0, 0.1) is 0 Å². The van der Waals surface area contributed by atoms with E-state index in [9.17, 15) is 4.79 Å². The number of nitrogens with one attached hydrogen (secondary N) is 1. The van der Waals surface area contributed by atoms with Gasteiger partial charge in [-0.1, -0.05) is 54.6 Å². The molecule has 3 aromatic rings. The number of hydrogen-bond donors (Lipinski definition) is 1. The molecule has 0 atom stereocenters. The van der Waals surface area contributed by atoms with Gasteiger partial charge in [-0.2, -0.15) is 5.10 Å². The molecular weight excluding hydrogens is 298 g/mol. The fourth-order valence-electron chi connectivity index (χ4n) is 2.33. The molecular formula is C20H19N3O. The first-order valence-corrected chi connectivity index (χ1v) is 7.86. The Morgan fingerprint density at radius 1 is 1.00 bits per heavy atom. The lowest BCUT2D eigenvalue weighted by atomic mass is 10.1. The third kappa shape index (κ3) is 4.68. The van der Waals surface area contributed by atoms with Crippen LogP contribution in [-0.2, 0) is 17.9 Å². The van der Waals surface area contributed by atoms with Gasteiger partial charge in [0, 0.05) is 25.0 Å². The summed E-state index contributed by atoms with van der Waals surface area (Å²) in [5.74, 6) is -0.0977. The first-order valence-electron chi connectivity index (χ1n) is 7.86. The molecule has 0 aliphatic heterocycles. The first-order chi connectivity index (χ1) is 11.8. The summed E-state index contributed by atoms with van der Waals surface area (Å²) in [7, 11) is 0. The minimum Gasteiger partial charge on any atom is -0.348 e. The van der Waals surface area contributed by atoms with Gasteiger partial charge in [0.2, 0.25) is 5.91 Å². The maximum Gasteiger partial charge on any atom is 0.244 e. The van der Waals surface area contributed by atoms with E-state index in [1.807, 2.05) is 65.5 Å². The average molecular weight is 317 g/mol. The van der Waals surface area contributed by atoms with Crippen LogP contribution >= 0.6 is 0 Å². The second-order valence-corrected chi connectivity index (χ2v) is 5.48. The molecule has 0 bridgehead atoms. The van der Waals surface area contributed by atoms with Gasteiger partial charge in [0.25, 0.3) is 0 Å². The van der Waals surface area contributed by atoms with Crippen molar-refractivity contribution in [1.29, 1.82) is 0 Å². The second-order valence-electron chi connectivity index (χ2n) is 5.48. The molecule has 0 saturated carbocycles. The zero-order valence-corrected chi connectivity index (χ0v) is 13.3. The Morgan fingerprint density at radius 2 is 1.75 bits per heavy atom. The lowest BCUT2D eigenvalue weighted by Crippen LogP contribution is -2.20. The van der Waals surface area contributed by atoms with Crippen LogP contribution in [0.3, 0.4) is 0 Å². The maximum absolute atomic E-state index is 11.9. The number of amides is 1. The molecule has 1 N–H and O–H groups in total. The van der Waals surface area contributed by atoms with Gasteiger partial charge in [0.15, 0.2) is 0 Å². The van der Waals surface area contributed by atoms with Crippen LogP contribution < -0.4 is 5.32 Å². The van der Waals surface area contributed by atoms with Crippen LogP contribution in [-0.4, -0.2) is 15.7 Å². The molecule has 0 aliphatic rings. The van der Waals surface area contributed by atoms with Gasteiger partial charge in [0.1, 0.15) is 0 Å². The number of rotatable bonds is 6. The topological polar surface area (TPSA) is 46.9 Å². The Kier molecular flexibility index (Phi) is 5.20. The Morgan fingerprint density at radius 3 is 2.46 bits per heavy atom. The predicted octanol–water partition coefficient (Wildman–Crippen LogP) is 3.26. The predicted molar refractivity (Wildman–Crippen MR) is 95.1 cm³/mol. The molecule has 3 rings (SSSR count). The van der Waals surface area contributed by atoms with Crippen molar-refractivity contribution in [2.75, 3.05) is 0 Å². The summed E-state index contributed by atoms with van der Waals surface area (Å²) in [6, 6.07) is 19.8. The van der Waals surface area contributed by atoms with Crippen LogP contribution in [0.4, 0.5) is 0 Å². The molecule has 24 heavy (non-hydrogen) atoms. The molecule has 120 valence electrons. The van der Waals surface area contributed by atoms with E-state index in [1.165, 1.54) is 5.56 Å². The molecule has 0 saturated heterocycles. The van der Waals surface area contributed by atoms with Crippen molar-refractivity contribution in [2.24, 2.45) is 0 Å². The lowest BCUT2D eigenvalue weighted by molar-refractivity contribution is -0.116. The van der Waals surface area contributed by atoms with Crippen molar-refractivity contribution in [3.8, 4) is 0 Å². The van der Waals surface area contributed by atoms with E-state index in [4.69, 9.17) is 0 Å². The molecule has 4 nitrogen and oxygen atoms in total. The number of carbonyl (C=O) groups excluding carboxylic acids is 1. The number of aromatic nitrogens is 2. The number of nitrogens with zero attached hydrogens (tertiary/aromatic N) is 2. The van der Waals surface area contributed by atoms with Crippen LogP contribution in [0.15, 0.2) is 79.1 Å². The zero-order valence-electron chi connectivity index (χ0n) is 13.3. The maximum atomic E-state index is 11.9. The summed E-state index contributed by atoms with van der Waals surface area (Å²) >= 11 is 0. The third-order valence-corrected chi connectivity index (χ3v) is 3.62. The molecule has 0 aliphatic carbocycles. The molecule has 0 spiro atoms. The summed E-state index contributed by atoms with van der Waals surface area (Å²) in [6.07, 6.45) is 7.07. The van der Waals surface area contributed by atoms with Crippen LogP contribution in [0.5, 0.6) is 0 Å². The highest BCUT2D eigenvalue weighted by molar-refractivity contribution is 5.91. The molecule has 4 heteroatoms. The standard InChI is InChI=1S/C20H19N3O/c24-20(12-11-17-5-2-1-3-6-17)21-15-18-7-9-19(10-8-18)16-23-14-4-13-22-23/h1-14H,15-16H2,(H,21,24)/b12-11+. The van der Waals surface area contributed by atoms with Gasteiger partial charge < -0.3 is 5.32 Å². The van der Waals surface area contributed by atoms with Crippen molar-refractivity contribution >= 4 is 12.0 Å². The number of benzene rings is 2. The molecule has 1 heterocycles. The summed E-state index contributed by atoms with van der Waals surface area (Å²) in [5.41, 5.74) is 3.26. The summed E-state index contributed by atoms with van der Waals surface area (Å²) in [6.45, 7) is 1.26. The fourth-order valence-corrected chi connectivity index (χ4v) is 2.33. The van der Waals surface area contributed by atoms with Gasteiger partial charge in [-0.05, 0) is 28.8 Å². The average Bonchev–Trinajstić information content (AvgIpc) is 3.13. The largest absolute Gasteiger partial charge is 0.348 e. The van der Waals surface area contributed by atoms with Gasteiger partial charge in [0.05, 0.1) is 6.54 Å². The van der Waals surface area contributed by atoms with Crippen molar-refractivity contribution in [3.05, 3.63) is 95.8 Å². The van der Waals surface area contributed by atoms with Gasteiger partial charge in [-0.15, -0.1) is 0 Å². The minimum atomic E-state index is -0.0977. The van der Waals surface area contributed by atoms with E-state index in [0.29, 0.717) is 6.54 Å². The van der Waals surface area contributed by atoms with Gasteiger partial charge in [-0.3, -0.25) is 9.48 Å². The Labute approximate surface area is 141 Å². The quantitative estimate of drug-likeness (QED) is 0.709. The van der Waals surface area contributed by atoms with Crippen molar-refractivity contribution < 1.29 is 4.79 Å². The molecule has 2 aromatic carbocycles. The molecule has 0 radical (unpaired) electrons.